The number of ether oxygens (including phenoxy) is 3. The number of nitrogens with zero attached hydrogens (tertiary/aromatic N) is 4. The molecule has 10 nitrogen and oxygen atoms in total. The van der Waals surface area contributed by atoms with Gasteiger partial charge in [-0.25, -0.2) is 5.10 Å². The first-order valence-electron chi connectivity index (χ1n) is 8.25. The van der Waals surface area contributed by atoms with Crippen molar-refractivity contribution in [2.24, 2.45) is 5.10 Å². The predicted molar refractivity (Wildman–Crippen MR) is 109 cm³/mol. The molecule has 11 heteroatoms. The van der Waals surface area contributed by atoms with Gasteiger partial charge in [-0.05, 0) is 24.4 Å². The summed E-state index contributed by atoms with van der Waals surface area (Å²) in [4.78, 5) is 10.5. The highest BCUT2D eigenvalue weighted by Gasteiger charge is 2.17. The van der Waals surface area contributed by atoms with Crippen molar-refractivity contribution in [3.05, 3.63) is 56.8 Å². The van der Waals surface area contributed by atoms with Gasteiger partial charge < -0.3 is 14.2 Å². The number of hydrogen-bond donors (Lipinski definition) is 1. The van der Waals surface area contributed by atoms with E-state index < -0.39 is 4.92 Å². The average molecular weight is 415 g/mol. The molecule has 2 aromatic carbocycles. The van der Waals surface area contributed by atoms with Gasteiger partial charge in [-0.15, -0.1) is 0 Å². The number of hydrogen-bond acceptors (Lipinski definition) is 8. The molecule has 0 saturated carbocycles. The Kier molecular flexibility index (Phi) is 5.88. The summed E-state index contributed by atoms with van der Waals surface area (Å²) >= 11 is 5.26. The molecule has 0 unspecified atom stereocenters. The molecule has 0 aliphatic heterocycles. The van der Waals surface area contributed by atoms with Crippen molar-refractivity contribution in [2.45, 2.75) is 0 Å². The summed E-state index contributed by atoms with van der Waals surface area (Å²) in [5.41, 5.74) is 1.12. The van der Waals surface area contributed by atoms with E-state index in [1.54, 1.807) is 24.3 Å². The number of methoxy groups -OCH3 is 3. The zero-order valence-corrected chi connectivity index (χ0v) is 16.6. The molecule has 0 bridgehead atoms. The van der Waals surface area contributed by atoms with E-state index in [9.17, 15) is 10.1 Å². The van der Waals surface area contributed by atoms with Crippen LogP contribution in [0.5, 0.6) is 17.2 Å². The quantitative estimate of drug-likeness (QED) is 0.272. The van der Waals surface area contributed by atoms with Gasteiger partial charge >= 0.3 is 0 Å². The molecule has 0 radical (unpaired) electrons. The summed E-state index contributed by atoms with van der Waals surface area (Å²) in [5.74, 6) is 1.74. The largest absolute Gasteiger partial charge is 0.493 e. The van der Waals surface area contributed by atoms with Gasteiger partial charge in [0.2, 0.25) is 10.5 Å². The van der Waals surface area contributed by atoms with Crippen LogP contribution in [-0.2, 0) is 0 Å². The fourth-order valence-corrected chi connectivity index (χ4v) is 2.82. The average Bonchev–Trinajstić information content (AvgIpc) is 3.11. The lowest BCUT2D eigenvalue weighted by Crippen LogP contribution is -1.99. The van der Waals surface area contributed by atoms with Crippen LogP contribution < -0.4 is 14.2 Å². The topological polar surface area (TPSA) is 117 Å². The van der Waals surface area contributed by atoms with E-state index in [0.717, 1.165) is 0 Å². The fraction of sp³-hybridized carbons (Fsp3) is 0.167. The summed E-state index contributed by atoms with van der Waals surface area (Å²) < 4.78 is 17.7. The molecule has 29 heavy (non-hydrogen) atoms. The highest BCUT2D eigenvalue weighted by molar-refractivity contribution is 7.71. The lowest BCUT2D eigenvalue weighted by Gasteiger charge is -2.13. The number of nitro benzene ring substituents is 1. The van der Waals surface area contributed by atoms with Crippen LogP contribution in [0.4, 0.5) is 5.69 Å². The molecule has 1 aromatic heterocycles. The Balaban J connectivity index is 2.06. The zero-order chi connectivity index (χ0) is 21.0. The molecule has 0 aliphatic carbocycles. The van der Waals surface area contributed by atoms with Crippen molar-refractivity contribution >= 4 is 24.1 Å². The molecule has 3 aromatic rings. The van der Waals surface area contributed by atoms with Gasteiger partial charge in [-0.2, -0.15) is 14.9 Å². The van der Waals surface area contributed by atoms with Crippen molar-refractivity contribution in [1.29, 1.82) is 0 Å². The van der Waals surface area contributed by atoms with Crippen molar-refractivity contribution in [2.75, 3.05) is 21.3 Å². The Labute approximate surface area is 170 Å². The Bertz CT molecular complexity index is 1110. The monoisotopic (exact) mass is 415 g/mol. The SMILES string of the molecule is COc1cc(-c2n[nH]c(=S)n2/N=C\c2cccc([N+](=O)[O-])c2)cc(OC)c1OC. The molecule has 0 fully saturated rings. The number of H-pyrrole nitrogens is 1. The number of benzene rings is 2. The summed E-state index contributed by atoms with van der Waals surface area (Å²) in [6, 6.07) is 9.51. The highest BCUT2D eigenvalue weighted by atomic mass is 32.1. The van der Waals surface area contributed by atoms with Crippen molar-refractivity contribution < 1.29 is 19.1 Å². The predicted octanol–water partition coefficient (Wildman–Crippen LogP) is 3.42. The first-order chi connectivity index (χ1) is 14.0. The van der Waals surface area contributed by atoms with Crippen molar-refractivity contribution in [3.8, 4) is 28.6 Å². The summed E-state index contributed by atoms with van der Waals surface area (Å²) in [6.45, 7) is 0. The second kappa shape index (κ2) is 8.52. The van der Waals surface area contributed by atoms with Crippen LogP contribution in [0.1, 0.15) is 5.56 Å². The standard InChI is InChI=1S/C18H17N5O5S/c1-26-14-8-12(9-15(27-2)16(14)28-3)17-20-21-18(29)22(17)19-10-11-5-4-6-13(7-11)23(24)25/h4-10H,1-3H3,(H,21,29)/b19-10-. The molecule has 0 aliphatic rings. The Hall–Kier alpha value is -3.73. The number of aromatic nitrogens is 3. The molecule has 3 rings (SSSR count). The number of aromatic amines is 1. The Morgan fingerprint density at radius 3 is 2.45 bits per heavy atom. The lowest BCUT2D eigenvalue weighted by molar-refractivity contribution is -0.384. The van der Waals surface area contributed by atoms with Gasteiger partial charge in [0.25, 0.3) is 5.69 Å². The molecular weight excluding hydrogens is 398 g/mol. The van der Waals surface area contributed by atoms with Gasteiger partial charge in [-0.1, -0.05) is 12.1 Å². The minimum Gasteiger partial charge on any atom is -0.493 e. The van der Waals surface area contributed by atoms with Gasteiger partial charge in [0.1, 0.15) is 0 Å². The fourth-order valence-electron chi connectivity index (χ4n) is 2.64. The first kappa shape index (κ1) is 20.0. The van der Waals surface area contributed by atoms with Crippen molar-refractivity contribution in [1.82, 2.24) is 14.9 Å². The Morgan fingerprint density at radius 2 is 1.86 bits per heavy atom. The molecule has 0 atom stereocenters. The van der Waals surface area contributed by atoms with Crippen LogP contribution in [0.25, 0.3) is 11.4 Å². The van der Waals surface area contributed by atoms with E-state index in [-0.39, 0.29) is 10.5 Å². The lowest BCUT2D eigenvalue weighted by atomic mass is 10.1. The first-order valence-corrected chi connectivity index (χ1v) is 8.66. The van der Waals surface area contributed by atoms with Gasteiger partial charge in [0.15, 0.2) is 17.3 Å². The molecule has 0 spiro atoms. The maximum absolute atomic E-state index is 10.9. The smallest absolute Gasteiger partial charge is 0.270 e. The van der Waals surface area contributed by atoms with E-state index in [2.05, 4.69) is 15.3 Å². The molecule has 1 heterocycles. The van der Waals surface area contributed by atoms with Crippen LogP contribution in [0.3, 0.4) is 0 Å². The molecular formula is C18H17N5O5S. The summed E-state index contributed by atoms with van der Waals surface area (Å²) in [7, 11) is 4.54. The molecule has 150 valence electrons. The summed E-state index contributed by atoms with van der Waals surface area (Å²) in [5, 5.41) is 22.2. The van der Waals surface area contributed by atoms with Crippen LogP contribution in [0.2, 0.25) is 0 Å². The molecule has 1 N–H and O–H groups in total. The third kappa shape index (κ3) is 4.09. The maximum Gasteiger partial charge on any atom is 0.270 e. The minimum absolute atomic E-state index is 0.0328. The van der Waals surface area contributed by atoms with E-state index in [1.807, 2.05) is 0 Å². The molecule has 0 amide bonds. The van der Waals surface area contributed by atoms with E-state index in [0.29, 0.717) is 34.2 Å². The zero-order valence-electron chi connectivity index (χ0n) is 15.8. The second-order valence-electron chi connectivity index (χ2n) is 5.67. The third-order valence-corrected chi connectivity index (χ3v) is 4.24. The highest BCUT2D eigenvalue weighted by Crippen LogP contribution is 2.40. The van der Waals surface area contributed by atoms with Gasteiger partial charge in [0.05, 0.1) is 32.5 Å². The van der Waals surface area contributed by atoms with E-state index in [1.165, 1.54) is 44.4 Å². The maximum atomic E-state index is 10.9. The van der Waals surface area contributed by atoms with Crippen LogP contribution >= 0.6 is 12.2 Å². The van der Waals surface area contributed by atoms with Crippen LogP contribution in [0.15, 0.2) is 41.5 Å². The summed E-state index contributed by atoms with van der Waals surface area (Å²) in [6.07, 6.45) is 1.46. The van der Waals surface area contributed by atoms with E-state index in [4.69, 9.17) is 26.4 Å². The van der Waals surface area contributed by atoms with Crippen molar-refractivity contribution in [3.63, 3.8) is 0 Å². The Morgan fingerprint density at radius 1 is 1.17 bits per heavy atom. The normalized spacial score (nSPS) is 10.9. The number of nitro groups is 1. The van der Waals surface area contributed by atoms with Gasteiger partial charge in [-0.3, -0.25) is 10.1 Å². The minimum atomic E-state index is -0.470. The second-order valence-corrected chi connectivity index (χ2v) is 6.06. The van der Waals surface area contributed by atoms with Gasteiger partial charge in [0, 0.05) is 23.3 Å². The van der Waals surface area contributed by atoms with Crippen LogP contribution in [-0.4, -0.2) is 47.3 Å². The number of nitrogens with one attached hydrogen (secondary N) is 1. The van der Waals surface area contributed by atoms with Crippen LogP contribution in [0, 0.1) is 14.9 Å². The van der Waals surface area contributed by atoms with E-state index >= 15 is 0 Å². The number of rotatable bonds is 7. The molecule has 0 saturated heterocycles. The number of non-ortho nitro benzene ring substituents is 1. The third-order valence-electron chi connectivity index (χ3n) is 3.98.